The van der Waals surface area contributed by atoms with E-state index in [0.29, 0.717) is 28.0 Å². The summed E-state index contributed by atoms with van der Waals surface area (Å²) in [5, 5.41) is -1.22. The fraction of sp³-hybridized carbons (Fsp3) is 0.519. The lowest BCUT2D eigenvalue weighted by Crippen LogP contribution is -2.38. The summed E-state index contributed by atoms with van der Waals surface area (Å²) in [5.74, 6) is -1.29. The van der Waals surface area contributed by atoms with Crippen LogP contribution in [0.25, 0.3) is 0 Å². The van der Waals surface area contributed by atoms with Gasteiger partial charge in [0.15, 0.2) is 0 Å². The van der Waals surface area contributed by atoms with Crippen LogP contribution in [0.1, 0.15) is 78.9 Å². The van der Waals surface area contributed by atoms with Gasteiger partial charge in [-0.3, -0.25) is 9.69 Å². The maximum Gasteiger partial charge on any atom is 0.270 e. The van der Waals surface area contributed by atoms with Crippen molar-refractivity contribution in [3.8, 4) is 5.75 Å². The van der Waals surface area contributed by atoms with Crippen LogP contribution in [0.2, 0.25) is 10.0 Å². The van der Waals surface area contributed by atoms with Gasteiger partial charge in [0.05, 0.1) is 12.2 Å². The van der Waals surface area contributed by atoms with Crippen molar-refractivity contribution in [3.63, 3.8) is 0 Å². The summed E-state index contributed by atoms with van der Waals surface area (Å²) >= 11 is 12.3. The van der Waals surface area contributed by atoms with Crippen molar-refractivity contribution in [2.45, 2.75) is 62.4 Å². The van der Waals surface area contributed by atoms with Crippen molar-refractivity contribution in [1.82, 2.24) is 9.62 Å². The van der Waals surface area contributed by atoms with Gasteiger partial charge in [0.25, 0.3) is 15.9 Å². The number of piperidine rings is 1. The topological polar surface area (TPSA) is 75.7 Å². The maximum atomic E-state index is 14.9. The fourth-order valence-corrected chi connectivity index (χ4v) is 6.68. The molecule has 3 fully saturated rings. The third kappa shape index (κ3) is 5.96. The Labute approximate surface area is 231 Å². The van der Waals surface area contributed by atoms with E-state index in [4.69, 9.17) is 27.9 Å². The van der Waals surface area contributed by atoms with E-state index in [0.717, 1.165) is 50.4 Å². The first kappa shape index (κ1) is 27.6. The van der Waals surface area contributed by atoms with Gasteiger partial charge in [0.1, 0.15) is 11.6 Å². The van der Waals surface area contributed by atoms with E-state index in [2.05, 4.69) is 11.8 Å². The Balaban J connectivity index is 1.21. The standard InChI is InChI=1S/C27H30Cl2F2N2O4S/c1-16(19-10-20(28)12-21(29)11-19)33-8-4-17(5-9-33)15-37-25-14-24(30)23(13-22(25)18-2-3-18)26(34)32-38(35,36)27(31)6-7-27/h10-14,16-18H,2-9,15H2,1H3,(H,32,34)/t16-/m0/s1. The van der Waals surface area contributed by atoms with E-state index in [9.17, 15) is 22.0 Å². The summed E-state index contributed by atoms with van der Waals surface area (Å²) in [5.41, 5.74) is 1.33. The Morgan fingerprint density at radius 1 is 1.11 bits per heavy atom. The van der Waals surface area contributed by atoms with Gasteiger partial charge in [-0.05, 0) is 92.9 Å². The molecule has 2 aromatic rings. The molecule has 1 N–H and O–H groups in total. The highest BCUT2D eigenvalue weighted by Gasteiger charge is 2.56. The van der Waals surface area contributed by atoms with Crippen molar-refractivity contribution in [3.05, 3.63) is 62.9 Å². The summed E-state index contributed by atoms with van der Waals surface area (Å²) in [7, 11) is -4.52. The van der Waals surface area contributed by atoms with E-state index >= 15 is 0 Å². The van der Waals surface area contributed by atoms with Crippen molar-refractivity contribution in [2.24, 2.45) is 5.92 Å². The average Bonchev–Trinajstić information content (AvgIpc) is 3.79. The molecule has 38 heavy (non-hydrogen) atoms. The van der Waals surface area contributed by atoms with Crippen LogP contribution < -0.4 is 9.46 Å². The zero-order valence-electron chi connectivity index (χ0n) is 21.0. The van der Waals surface area contributed by atoms with Crippen LogP contribution in [0.4, 0.5) is 8.78 Å². The van der Waals surface area contributed by atoms with Crippen LogP contribution in [-0.2, 0) is 10.0 Å². The minimum Gasteiger partial charge on any atom is -0.493 e. The molecule has 1 heterocycles. The largest absolute Gasteiger partial charge is 0.493 e. The summed E-state index contributed by atoms with van der Waals surface area (Å²) < 4.78 is 60.9. The predicted molar refractivity (Wildman–Crippen MR) is 143 cm³/mol. The zero-order valence-corrected chi connectivity index (χ0v) is 23.3. The quantitative estimate of drug-likeness (QED) is 0.369. The van der Waals surface area contributed by atoms with Crippen molar-refractivity contribution in [1.29, 1.82) is 0 Å². The number of carbonyl (C=O) groups excluding carboxylic acids is 1. The molecule has 5 rings (SSSR count). The second-order valence-electron chi connectivity index (χ2n) is 10.6. The summed E-state index contributed by atoms with van der Waals surface area (Å²) in [6, 6.07) is 8.25. The summed E-state index contributed by atoms with van der Waals surface area (Å²) in [6.07, 6.45) is 3.21. The minimum absolute atomic E-state index is 0.122. The van der Waals surface area contributed by atoms with E-state index < -0.39 is 32.3 Å². The lowest BCUT2D eigenvalue weighted by Gasteiger charge is -2.36. The van der Waals surface area contributed by atoms with Gasteiger partial charge >= 0.3 is 0 Å². The number of rotatable bonds is 9. The Morgan fingerprint density at radius 2 is 1.74 bits per heavy atom. The molecular formula is C27H30Cl2F2N2O4S. The number of ether oxygens (including phenoxy) is 1. The van der Waals surface area contributed by atoms with E-state index in [1.54, 1.807) is 10.8 Å². The van der Waals surface area contributed by atoms with E-state index in [1.807, 2.05) is 12.1 Å². The van der Waals surface area contributed by atoms with Crippen molar-refractivity contribution >= 4 is 39.1 Å². The molecule has 1 saturated heterocycles. The predicted octanol–water partition coefficient (Wildman–Crippen LogP) is 6.38. The number of halogens is 4. The van der Waals surface area contributed by atoms with Gasteiger partial charge in [-0.15, -0.1) is 0 Å². The third-order valence-electron chi connectivity index (χ3n) is 7.75. The smallest absolute Gasteiger partial charge is 0.270 e. The Morgan fingerprint density at radius 3 is 2.32 bits per heavy atom. The molecule has 0 unspecified atom stereocenters. The summed E-state index contributed by atoms with van der Waals surface area (Å²) in [6.45, 7) is 4.28. The number of alkyl halides is 1. The number of amides is 1. The molecular weight excluding hydrogens is 557 g/mol. The highest BCUT2D eigenvalue weighted by Crippen LogP contribution is 2.46. The molecule has 0 radical (unpaired) electrons. The molecule has 3 aliphatic rings. The van der Waals surface area contributed by atoms with Crippen LogP contribution in [0.3, 0.4) is 0 Å². The molecule has 0 spiro atoms. The van der Waals surface area contributed by atoms with Gasteiger partial charge < -0.3 is 4.74 Å². The number of carbonyl (C=O) groups is 1. The fourth-order valence-electron chi connectivity index (χ4n) is 4.96. The van der Waals surface area contributed by atoms with Gasteiger partial charge in [-0.25, -0.2) is 21.9 Å². The first-order valence-electron chi connectivity index (χ1n) is 12.9. The van der Waals surface area contributed by atoms with Crippen molar-refractivity contribution in [2.75, 3.05) is 19.7 Å². The van der Waals surface area contributed by atoms with Gasteiger partial charge in [0.2, 0.25) is 5.00 Å². The average molecular weight is 588 g/mol. The monoisotopic (exact) mass is 586 g/mol. The molecule has 0 aromatic heterocycles. The highest BCUT2D eigenvalue weighted by atomic mass is 35.5. The van der Waals surface area contributed by atoms with Gasteiger partial charge in [0, 0.05) is 35.0 Å². The molecule has 1 aliphatic heterocycles. The normalized spacial score (nSPS) is 20.7. The third-order valence-corrected chi connectivity index (χ3v) is 10.0. The number of hydrogen-bond acceptors (Lipinski definition) is 5. The minimum atomic E-state index is -4.52. The SMILES string of the molecule is C[C@@H](c1cc(Cl)cc(Cl)c1)N1CCC(COc2cc(F)c(C(=O)NS(=O)(=O)C3(F)CC3)cc2C2CC2)CC1. The van der Waals surface area contributed by atoms with Crippen LogP contribution in [-0.4, -0.2) is 43.9 Å². The lowest BCUT2D eigenvalue weighted by atomic mass is 9.95. The second-order valence-corrected chi connectivity index (χ2v) is 13.4. The Hall–Kier alpha value is -1.94. The molecule has 2 aromatic carbocycles. The number of nitrogens with one attached hydrogen (secondary N) is 1. The Bertz CT molecular complexity index is 1320. The molecule has 6 nitrogen and oxygen atoms in total. The number of sulfonamides is 1. The lowest BCUT2D eigenvalue weighted by molar-refractivity contribution is 0.0975. The highest BCUT2D eigenvalue weighted by molar-refractivity contribution is 7.91. The second kappa shape index (κ2) is 10.6. The first-order chi connectivity index (χ1) is 18.0. The molecule has 0 bridgehead atoms. The van der Waals surface area contributed by atoms with Gasteiger partial charge in [-0.1, -0.05) is 23.2 Å². The summed E-state index contributed by atoms with van der Waals surface area (Å²) in [4.78, 5) is 14.9. The van der Waals surface area contributed by atoms with Crippen LogP contribution >= 0.6 is 23.2 Å². The number of nitrogens with zero attached hydrogens (tertiary/aromatic N) is 1. The van der Waals surface area contributed by atoms with Gasteiger partial charge in [-0.2, -0.15) is 0 Å². The maximum absolute atomic E-state index is 14.9. The molecule has 2 aliphatic carbocycles. The van der Waals surface area contributed by atoms with Crippen LogP contribution in [0, 0.1) is 11.7 Å². The molecule has 206 valence electrons. The first-order valence-corrected chi connectivity index (χ1v) is 15.1. The van der Waals surface area contributed by atoms with E-state index in [1.165, 1.54) is 6.07 Å². The zero-order chi connectivity index (χ0) is 27.2. The molecule has 1 atom stereocenters. The van der Waals surface area contributed by atoms with Crippen LogP contribution in [0.5, 0.6) is 5.75 Å². The number of hydrogen-bond donors (Lipinski definition) is 1. The van der Waals surface area contributed by atoms with Crippen molar-refractivity contribution < 1.29 is 26.7 Å². The Kier molecular flexibility index (Phi) is 7.68. The number of likely N-dealkylation sites (tertiary alicyclic amines) is 1. The van der Waals surface area contributed by atoms with Crippen LogP contribution in [0.15, 0.2) is 30.3 Å². The molecule has 2 saturated carbocycles. The molecule has 11 heteroatoms. The van der Waals surface area contributed by atoms with E-state index in [-0.39, 0.29) is 30.7 Å². The number of benzene rings is 2. The molecule has 1 amide bonds.